The van der Waals surface area contributed by atoms with Gasteiger partial charge in [-0.2, -0.15) is 0 Å². The van der Waals surface area contributed by atoms with Crippen molar-refractivity contribution in [3.63, 3.8) is 0 Å². The molecule has 9 heteroatoms. The van der Waals surface area contributed by atoms with Crippen molar-refractivity contribution in [1.82, 2.24) is 10.6 Å². The van der Waals surface area contributed by atoms with E-state index in [1.54, 1.807) is 6.92 Å². The summed E-state index contributed by atoms with van der Waals surface area (Å²) in [6, 6.07) is 15.3. The third-order valence-electron chi connectivity index (χ3n) is 5.21. The summed E-state index contributed by atoms with van der Waals surface area (Å²) in [7, 11) is 0. The van der Waals surface area contributed by atoms with Crippen LogP contribution in [0.3, 0.4) is 0 Å². The van der Waals surface area contributed by atoms with E-state index in [0.717, 1.165) is 16.8 Å². The molecule has 0 bridgehead atoms. The largest absolute Gasteiger partial charge is 0.464 e. The lowest BCUT2D eigenvalue weighted by atomic mass is 10.0. The maximum Gasteiger partial charge on any atom is 0.328 e. The van der Waals surface area contributed by atoms with Gasteiger partial charge in [0, 0.05) is 43.4 Å². The summed E-state index contributed by atoms with van der Waals surface area (Å²) < 4.78 is 5.18. The summed E-state index contributed by atoms with van der Waals surface area (Å²) in [5, 5.41) is 5.30. The van der Waals surface area contributed by atoms with Gasteiger partial charge in [0.2, 0.25) is 12.3 Å². The Labute approximate surface area is 210 Å². The Balaban J connectivity index is 2.14. The summed E-state index contributed by atoms with van der Waals surface area (Å²) in [5.41, 5.74) is 2.71. The van der Waals surface area contributed by atoms with Gasteiger partial charge in [0.05, 0.1) is 6.61 Å². The van der Waals surface area contributed by atoms with Crippen molar-refractivity contribution in [2.24, 2.45) is 0 Å². The maximum atomic E-state index is 13.0. The van der Waals surface area contributed by atoms with E-state index in [2.05, 4.69) is 15.5 Å². The molecule has 184 valence electrons. The minimum atomic E-state index is -0.896. The fraction of sp³-hybridized carbons (Fsp3) is 0.400. The number of carbonyl (C=O) groups is 3. The number of hydrogen-bond donors (Lipinski definition) is 2. The molecule has 7 nitrogen and oxygen atoms in total. The first-order valence-corrected chi connectivity index (χ1v) is 12.3. The van der Waals surface area contributed by atoms with Gasteiger partial charge in [-0.25, -0.2) is 4.79 Å². The SMILES string of the molecule is CCOC(=O)[C@@H](Cc1ccc(N(CCCl)CCCl)cc1)NC(=O)[C@@H](Cc1ccccc1)NC=O. The molecule has 0 unspecified atom stereocenters. The third kappa shape index (κ3) is 8.88. The van der Waals surface area contributed by atoms with Crippen molar-refractivity contribution in [3.8, 4) is 0 Å². The average molecular weight is 508 g/mol. The smallest absolute Gasteiger partial charge is 0.328 e. The van der Waals surface area contributed by atoms with Gasteiger partial charge in [-0.1, -0.05) is 42.5 Å². The molecule has 2 aromatic carbocycles. The van der Waals surface area contributed by atoms with Gasteiger partial charge < -0.3 is 20.3 Å². The molecule has 0 fully saturated rings. The number of rotatable bonds is 15. The number of nitrogens with one attached hydrogen (secondary N) is 2. The second kappa shape index (κ2) is 15.2. The van der Waals surface area contributed by atoms with Gasteiger partial charge in [0.15, 0.2) is 0 Å². The predicted molar refractivity (Wildman–Crippen MR) is 135 cm³/mol. The highest BCUT2D eigenvalue weighted by Crippen LogP contribution is 2.17. The molecule has 34 heavy (non-hydrogen) atoms. The molecule has 2 N–H and O–H groups in total. The third-order valence-corrected chi connectivity index (χ3v) is 5.54. The first-order valence-electron chi connectivity index (χ1n) is 11.2. The topological polar surface area (TPSA) is 87.7 Å². The Bertz CT molecular complexity index is 891. The Morgan fingerprint density at radius 3 is 2.09 bits per heavy atom. The van der Waals surface area contributed by atoms with Gasteiger partial charge in [-0.3, -0.25) is 9.59 Å². The number of alkyl halides is 2. The average Bonchev–Trinajstić information content (AvgIpc) is 2.84. The molecule has 0 aliphatic carbocycles. The van der Waals surface area contributed by atoms with Crippen LogP contribution in [0.1, 0.15) is 18.1 Å². The fourth-order valence-electron chi connectivity index (χ4n) is 3.52. The van der Waals surface area contributed by atoms with Crippen LogP contribution >= 0.6 is 23.2 Å². The molecular formula is C25H31Cl2N3O4. The first-order chi connectivity index (χ1) is 16.5. The van der Waals surface area contributed by atoms with Crippen molar-refractivity contribution in [2.45, 2.75) is 31.8 Å². The van der Waals surface area contributed by atoms with Gasteiger partial charge in [0.25, 0.3) is 0 Å². The molecule has 0 spiro atoms. The molecular weight excluding hydrogens is 477 g/mol. The zero-order valence-corrected chi connectivity index (χ0v) is 20.7. The number of carbonyl (C=O) groups excluding carboxylic acids is 3. The van der Waals surface area contributed by atoms with Crippen LogP contribution in [0.2, 0.25) is 0 Å². The molecule has 2 rings (SSSR count). The Hall–Kier alpha value is -2.77. The number of esters is 1. The molecule has 0 aliphatic rings. The van der Waals surface area contributed by atoms with Crippen molar-refractivity contribution < 1.29 is 19.1 Å². The Kier molecular flexibility index (Phi) is 12.3. The summed E-state index contributed by atoms with van der Waals surface area (Å²) in [4.78, 5) is 38.7. The van der Waals surface area contributed by atoms with E-state index in [4.69, 9.17) is 27.9 Å². The van der Waals surface area contributed by atoms with Crippen molar-refractivity contribution in [3.05, 3.63) is 65.7 Å². The lowest BCUT2D eigenvalue weighted by Gasteiger charge is -2.24. The van der Waals surface area contributed by atoms with Crippen LogP contribution in [0.5, 0.6) is 0 Å². The summed E-state index contributed by atoms with van der Waals surface area (Å²) in [5.74, 6) is -0.0280. The van der Waals surface area contributed by atoms with Crippen molar-refractivity contribution >= 4 is 47.2 Å². The molecule has 0 aliphatic heterocycles. The van der Waals surface area contributed by atoms with Gasteiger partial charge in [0.1, 0.15) is 12.1 Å². The van der Waals surface area contributed by atoms with E-state index in [9.17, 15) is 14.4 Å². The number of halogens is 2. The van der Waals surface area contributed by atoms with Gasteiger partial charge in [-0.15, -0.1) is 23.2 Å². The molecule has 0 saturated heterocycles. The number of anilines is 1. The van der Waals surface area contributed by atoms with Crippen LogP contribution in [0.25, 0.3) is 0 Å². The number of amides is 2. The molecule has 0 heterocycles. The lowest BCUT2D eigenvalue weighted by molar-refractivity contribution is -0.147. The van der Waals surface area contributed by atoms with E-state index in [1.165, 1.54) is 0 Å². The minimum Gasteiger partial charge on any atom is -0.464 e. The zero-order valence-electron chi connectivity index (χ0n) is 19.2. The normalized spacial score (nSPS) is 12.3. The number of benzene rings is 2. The van der Waals surface area contributed by atoms with E-state index in [-0.39, 0.29) is 13.0 Å². The minimum absolute atomic E-state index is 0.190. The monoisotopic (exact) mass is 507 g/mol. The maximum absolute atomic E-state index is 13.0. The van der Waals surface area contributed by atoms with Crippen LogP contribution in [-0.2, 0) is 32.0 Å². The molecule has 2 aromatic rings. The van der Waals surface area contributed by atoms with Crippen LogP contribution < -0.4 is 15.5 Å². The lowest BCUT2D eigenvalue weighted by Crippen LogP contribution is -2.52. The van der Waals surface area contributed by atoms with Crippen LogP contribution in [-0.4, -0.2) is 61.8 Å². The van der Waals surface area contributed by atoms with Gasteiger partial charge >= 0.3 is 5.97 Å². The highest BCUT2D eigenvalue weighted by atomic mass is 35.5. The second-order valence-electron chi connectivity index (χ2n) is 7.58. The van der Waals surface area contributed by atoms with Crippen molar-refractivity contribution in [2.75, 3.05) is 36.4 Å². The fourth-order valence-corrected chi connectivity index (χ4v) is 3.93. The number of ether oxygens (including phenoxy) is 1. The Morgan fingerprint density at radius 2 is 1.53 bits per heavy atom. The summed E-state index contributed by atoms with van der Waals surface area (Å²) in [6.45, 7) is 3.24. The predicted octanol–water partition coefficient (Wildman–Crippen LogP) is 2.92. The van der Waals surface area contributed by atoms with Crippen LogP contribution in [0, 0.1) is 0 Å². The zero-order chi connectivity index (χ0) is 24.8. The Morgan fingerprint density at radius 1 is 0.941 bits per heavy atom. The molecule has 0 saturated carbocycles. The van der Waals surface area contributed by atoms with E-state index >= 15 is 0 Å². The van der Waals surface area contributed by atoms with Crippen LogP contribution in [0.15, 0.2) is 54.6 Å². The molecule has 2 atom stereocenters. The highest BCUT2D eigenvalue weighted by molar-refractivity contribution is 6.18. The number of nitrogens with zero attached hydrogens (tertiary/aromatic N) is 1. The summed E-state index contributed by atoms with van der Waals surface area (Å²) >= 11 is 11.8. The number of hydrogen-bond acceptors (Lipinski definition) is 5. The molecule has 2 amide bonds. The standard InChI is InChI=1S/C25H31Cl2N3O4/c1-2-34-25(33)23(17-20-8-10-21(11-9-20)30(14-12-26)15-13-27)29-24(32)22(28-18-31)16-19-6-4-3-5-7-19/h3-11,18,22-23H,2,12-17H2,1H3,(H,28,31)(H,29,32)/t22-,23-/m1/s1. The van der Waals surface area contributed by atoms with Crippen molar-refractivity contribution in [1.29, 1.82) is 0 Å². The second-order valence-corrected chi connectivity index (χ2v) is 8.33. The molecule has 0 aromatic heterocycles. The van der Waals surface area contributed by atoms with Crippen LogP contribution in [0.4, 0.5) is 5.69 Å². The highest BCUT2D eigenvalue weighted by Gasteiger charge is 2.27. The van der Waals surface area contributed by atoms with E-state index in [1.807, 2.05) is 54.6 Å². The quantitative estimate of drug-likeness (QED) is 0.220. The van der Waals surface area contributed by atoms with E-state index in [0.29, 0.717) is 37.7 Å². The molecule has 0 radical (unpaired) electrons. The van der Waals surface area contributed by atoms with Gasteiger partial charge in [-0.05, 0) is 30.2 Å². The van der Waals surface area contributed by atoms with E-state index < -0.39 is 24.0 Å². The summed E-state index contributed by atoms with van der Waals surface area (Å²) in [6.07, 6.45) is 1.03. The first kappa shape index (κ1) is 27.5.